The van der Waals surface area contributed by atoms with Crippen molar-refractivity contribution in [1.29, 1.82) is 0 Å². The normalized spacial score (nSPS) is 14.7. The van der Waals surface area contributed by atoms with Gasteiger partial charge in [0.15, 0.2) is 0 Å². The van der Waals surface area contributed by atoms with Crippen LogP contribution in [0, 0.1) is 0 Å². The Hall–Kier alpha value is -2.13. The van der Waals surface area contributed by atoms with E-state index >= 15 is 0 Å². The van der Waals surface area contributed by atoms with E-state index in [4.69, 9.17) is 5.73 Å². The van der Waals surface area contributed by atoms with Crippen molar-refractivity contribution in [2.45, 2.75) is 25.4 Å². The standard InChI is InChI=1S/C17H18N2O/c1-11(10-16(18)20)19-17-14-8-4-2-6-12(14)13-7-3-5-9-15(13)17/h2-9,11,17,19H,10H2,1H3,(H2,18,20). The molecule has 2 aromatic carbocycles. The van der Waals surface area contributed by atoms with Crippen molar-refractivity contribution in [3.8, 4) is 11.1 Å². The first kappa shape index (κ1) is 12.9. The molecule has 0 fully saturated rings. The zero-order valence-corrected chi connectivity index (χ0v) is 11.5. The average Bonchev–Trinajstić information content (AvgIpc) is 2.73. The predicted molar refractivity (Wildman–Crippen MR) is 80.1 cm³/mol. The maximum atomic E-state index is 11.1. The van der Waals surface area contributed by atoms with Gasteiger partial charge in [-0.2, -0.15) is 0 Å². The van der Waals surface area contributed by atoms with Crippen molar-refractivity contribution in [2.75, 3.05) is 0 Å². The molecule has 1 amide bonds. The van der Waals surface area contributed by atoms with E-state index in [2.05, 4.69) is 53.8 Å². The number of carbonyl (C=O) groups excluding carboxylic acids is 1. The second-order valence-corrected chi connectivity index (χ2v) is 5.35. The van der Waals surface area contributed by atoms with Crippen LogP contribution in [0.3, 0.4) is 0 Å². The Balaban J connectivity index is 1.97. The molecule has 3 rings (SSSR count). The van der Waals surface area contributed by atoms with E-state index in [9.17, 15) is 4.79 Å². The highest BCUT2D eigenvalue weighted by molar-refractivity contribution is 5.78. The minimum absolute atomic E-state index is 0.0525. The van der Waals surface area contributed by atoms with Gasteiger partial charge in [0, 0.05) is 12.5 Å². The van der Waals surface area contributed by atoms with E-state index in [0.717, 1.165) is 0 Å². The molecule has 3 nitrogen and oxygen atoms in total. The zero-order chi connectivity index (χ0) is 14.1. The number of hydrogen-bond donors (Lipinski definition) is 2. The fourth-order valence-electron chi connectivity index (χ4n) is 2.98. The summed E-state index contributed by atoms with van der Waals surface area (Å²) >= 11 is 0. The second-order valence-electron chi connectivity index (χ2n) is 5.35. The van der Waals surface area contributed by atoms with Crippen LogP contribution in [0.2, 0.25) is 0 Å². The molecule has 1 aliphatic rings. The van der Waals surface area contributed by atoms with Crippen molar-refractivity contribution < 1.29 is 4.79 Å². The maximum Gasteiger partial charge on any atom is 0.218 e. The molecule has 0 saturated carbocycles. The molecule has 0 bridgehead atoms. The van der Waals surface area contributed by atoms with Crippen molar-refractivity contribution >= 4 is 5.91 Å². The number of benzene rings is 2. The van der Waals surface area contributed by atoms with Gasteiger partial charge in [0.2, 0.25) is 5.91 Å². The zero-order valence-electron chi connectivity index (χ0n) is 11.5. The van der Waals surface area contributed by atoms with Crippen LogP contribution in [0.25, 0.3) is 11.1 Å². The summed E-state index contributed by atoms with van der Waals surface area (Å²) in [5.74, 6) is -0.274. The predicted octanol–water partition coefficient (Wildman–Crippen LogP) is 2.61. The van der Waals surface area contributed by atoms with Gasteiger partial charge in [-0.05, 0) is 29.2 Å². The van der Waals surface area contributed by atoms with E-state index in [1.165, 1.54) is 22.3 Å². The van der Waals surface area contributed by atoms with Gasteiger partial charge in [-0.15, -0.1) is 0 Å². The van der Waals surface area contributed by atoms with E-state index in [-0.39, 0.29) is 18.0 Å². The van der Waals surface area contributed by atoms with Crippen molar-refractivity contribution in [3.63, 3.8) is 0 Å². The highest BCUT2D eigenvalue weighted by Crippen LogP contribution is 2.43. The van der Waals surface area contributed by atoms with Gasteiger partial charge in [-0.25, -0.2) is 0 Å². The third-order valence-corrected chi connectivity index (χ3v) is 3.79. The SMILES string of the molecule is CC(CC(N)=O)NC1c2ccccc2-c2ccccc21. The van der Waals surface area contributed by atoms with Crippen LogP contribution in [0.4, 0.5) is 0 Å². The quantitative estimate of drug-likeness (QED) is 0.893. The lowest BCUT2D eigenvalue weighted by molar-refractivity contribution is -0.118. The molecule has 0 spiro atoms. The maximum absolute atomic E-state index is 11.1. The number of primary amides is 1. The summed E-state index contributed by atoms with van der Waals surface area (Å²) < 4.78 is 0. The molecule has 102 valence electrons. The number of nitrogens with two attached hydrogens (primary N) is 1. The average molecular weight is 266 g/mol. The molecule has 1 atom stereocenters. The van der Waals surface area contributed by atoms with Crippen LogP contribution in [-0.2, 0) is 4.79 Å². The third kappa shape index (κ3) is 2.21. The van der Waals surface area contributed by atoms with E-state index in [1.807, 2.05) is 6.92 Å². The molecule has 20 heavy (non-hydrogen) atoms. The van der Waals surface area contributed by atoms with Crippen molar-refractivity contribution in [1.82, 2.24) is 5.32 Å². The van der Waals surface area contributed by atoms with Gasteiger partial charge in [-0.1, -0.05) is 48.5 Å². The van der Waals surface area contributed by atoms with Crippen LogP contribution in [0.15, 0.2) is 48.5 Å². The fourth-order valence-corrected chi connectivity index (χ4v) is 2.98. The van der Waals surface area contributed by atoms with Gasteiger partial charge in [-0.3, -0.25) is 4.79 Å². The molecule has 0 saturated heterocycles. The topological polar surface area (TPSA) is 55.1 Å². The monoisotopic (exact) mass is 266 g/mol. The summed E-state index contributed by atoms with van der Waals surface area (Å²) in [7, 11) is 0. The lowest BCUT2D eigenvalue weighted by atomic mass is 10.0. The summed E-state index contributed by atoms with van der Waals surface area (Å²) in [6.07, 6.45) is 0.348. The van der Waals surface area contributed by atoms with E-state index in [1.54, 1.807) is 0 Å². The summed E-state index contributed by atoms with van der Waals surface area (Å²) in [5.41, 5.74) is 10.4. The number of rotatable bonds is 4. The van der Waals surface area contributed by atoms with Gasteiger partial charge >= 0.3 is 0 Å². The number of carbonyl (C=O) groups is 1. The summed E-state index contributed by atoms with van der Waals surface area (Å²) in [4.78, 5) is 11.1. The summed E-state index contributed by atoms with van der Waals surface area (Å²) in [6, 6.07) is 17.0. The molecule has 1 unspecified atom stereocenters. The van der Waals surface area contributed by atoms with Gasteiger partial charge < -0.3 is 11.1 Å². The molecule has 0 aromatic heterocycles. The van der Waals surface area contributed by atoms with Crippen LogP contribution in [-0.4, -0.2) is 11.9 Å². The van der Waals surface area contributed by atoms with Gasteiger partial charge in [0.05, 0.1) is 6.04 Å². The Morgan fingerprint density at radius 2 is 1.60 bits per heavy atom. The highest BCUT2D eigenvalue weighted by atomic mass is 16.1. The molecule has 0 heterocycles. The smallest absolute Gasteiger partial charge is 0.218 e. The lowest BCUT2D eigenvalue weighted by Crippen LogP contribution is -2.33. The van der Waals surface area contributed by atoms with Crippen LogP contribution < -0.4 is 11.1 Å². The van der Waals surface area contributed by atoms with Gasteiger partial charge in [0.1, 0.15) is 0 Å². The molecular weight excluding hydrogens is 248 g/mol. The largest absolute Gasteiger partial charge is 0.370 e. The summed E-state index contributed by atoms with van der Waals surface area (Å²) in [5, 5.41) is 3.52. The Morgan fingerprint density at radius 1 is 1.10 bits per heavy atom. The minimum Gasteiger partial charge on any atom is -0.370 e. The van der Waals surface area contributed by atoms with E-state index in [0.29, 0.717) is 6.42 Å². The highest BCUT2D eigenvalue weighted by Gasteiger charge is 2.28. The Kier molecular flexibility index (Phi) is 3.28. The van der Waals surface area contributed by atoms with E-state index < -0.39 is 0 Å². The number of nitrogens with one attached hydrogen (secondary N) is 1. The van der Waals surface area contributed by atoms with Crippen LogP contribution in [0.5, 0.6) is 0 Å². The fraction of sp³-hybridized carbons (Fsp3) is 0.235. The Labute approximate surface area is 118 Å². The lowest BCUT2D eigenvalue weighted by Gasteiger charge is -2.20. The van der Waals surface area contributed by atoms with Crippen LogP contribution >= 0.6 is 0 Å². The van der Waals surface area contributed by atoms with Gasteiger partial charge in [0.25, 0.3) is 0 Å². The van der Waals surface area contributed by atoms with Crippen LogP contribution in [0.1, 0.15) is 30.5 Å². The van der Waals surface area contributed by atoms with Crippen molar-refractivity contribution in [2.24, 2.45) is 5.73 Å². The molecule has 1 aliphatic carbocycles. The first-order chi connectivity index (χ1) is 9.66. The van der Waals surface area contributed by atoms with Crippen molar-refractivity contribution in [3.05, 3.63) is 59.7 Å². The molecule has 2 aromatic rings. The molecular formula is C17H18N2O. The Bertz CT molecular complexity index is 605. The first-order valence-corrected chi connectivity index (χ1v) is 6.89. The number of fused-ring (bicyclic) bond motifs is 3. The third-order valence-electron chi connectivity index (χ3n) is 3.79. The first-order valence-electron chi connectivity index (χ1n) is 6.89. The summed E-state index contributed by atoms with van der Waals surface area (Å²) in [6.45, 7) is 1.99. The number of amides is 1. The minimum atomic E-state index is -0.274. The number of hydrogen-bond acceptors (Lipinski definition) is 2. The molecule has 0 radical (unpaired) electrons. The second kappa shape index (κ2) is 5.10. The Morgan fingerprint density at radius 3 is 2.10 bits per heavy atom. The molecule has 3 heteroatoms. The molecule has 3 N–H and O–H groups in total. The molecule has 0 aliphatic heterocycles.